The third-order valence-corrected chi connectivity index (χ3v) is 4.57. The highest BCUT2D eigenvalue weighted by molar-refractivity contribution is 6.43. The molecule has 0 aromatic heterocycles. The lowest BCUT2D eigenvalue weighted by Crippen LogP contribution is -1.91. The number of hydrogen-bond donors (Lipinski definition) is 0. The minimum Gasteiger partial charge on any atom is -0.144 e. The zero-order chi connectivity index (χ0) is 12.9. The molecule has 0 spiro atoms. The summed E-state index contributed by atoms with van der Waals surface area (Å²) in [6.45, 7) is 0. The van der Waals surface area contributed by atoms with Crippen molar-refractivity contribution >= 4 is 15.2 Å². The summed E-state index contributed by atoms with van der Waals surface area (Å²) in [5.74, 6) is 2.34. The number of rotatable bonds is 1. The normalized spacial score (nSPS) is 27.7. The van der Waals surface area contributed by atoms with Crippen LogP contribution in [0.4, 0.5) is 0 Å². The largest absolute Gasteiger partial charge is 0.239 e. The van der Waals surface area contributed by atoms with Crippen molar-refractivity contribution in [2.75, 3.05) is 0 Å². The molecule has 1 radical (unpaired) electrons. The Bertz CT molecular complexity index is 308. The quantitative estimate of drug-likeness (QED) is 0.550. The number of hydrogen-bond acceptors (Lipinski definition) is 0. The Hall–Kier alpha value is -0.508. The van der Waals surface area contributed by atoms with Gasteiger partial charge in [0.1, 0.15) is 0 Å². The molecule has 0 saturated carbocycles. The van der Waals surface area contributed by atoms with Crippen LogP contribution in [0.15, 0.2) is 47.0 Å². The second-order valence-corrected chi connectivity index (χ2v) is 6.21. The third-order valence-electron chi connectivity index (χ3n) is 3.35. The fraction of sp³-hybridized carbons (Fsp3) is 0.529. The Labute approximate surface area is 119 Å². The Morgan fingerprint density at radius 2 is 1.44 bits per heavy atom. The Kier molecular flexibility index (Phi) is 10.00. The van der Waals surface area contributed by atoms with Crippen molar-refractivity contribution in [2.45, 2.75) is 57.2 Å². The van der Waals surface area contributed by atoms with Crippen LogP contribution < -0.4 is 0 Å². The van der Waals surface area contributed by atoms with Gasteiger partial charge < -0.3 is 0 Å². The zero-order valence-electron chi connectivity index (χ0n) is 11.8. The van der Waals surface area contributed by atoms with Crippen molar-refractivity contribution < 1.29 is 0 Å². The summed E-state index contributed by atoms with van der Waals surface area (Å²) >= 11 is 0.492. The van der Waals surface area contributed by atoms with E-state index >= 15 is 0 Å². The molecule has 0 aromatic rings. The molecule has 1 rings (SSSR count). The molecule has 0 nitrogen and oxygen atoms in total. The summed E-state index contributed by atoms with van der Waals surface area (Å²) in [4.78, 5) is 0. The van der Waals surface area contributed by atoms with E-state index in [1.54, 1.807) is 4.44 Å². The summed E-state index contributed by atoms with van der Waals surface area (Å²) in [6, 6.07) is 0. The monoisotopic (exact) mass is 257 g/mol. The highest BCUT2D eigenvalue weighted by Crippen LogP contribution is 2.12. The van der Waals surface area contributed by atoms with E-state index in [1.807, 2.05) is 0 Å². The van der Waals surface area contributed by atoms with Crippen molar-refractivity contribution in [3.63, 3.8) is 0 Å². The first-order chi connectivity index (χ1) is 8.93. The molecule has 0 fully saturated rings. The smallest absolute Gasteiger partial charge is 0.144 e. The predicted octanol–water partition coefficient (Wildman–Crippen LogP) is 5.43. The summed E-state index contributed by atoms with van der Waals surface area (Å²) < 4.78 is 1.67. The molecule has 0 saturated heterocycles. The van der Waals surface area contributed by atoms with Crippen molar-refractivity contribution in [2.24, 2.45) is 0 Å². The zero-order valence-corrected chi connectivity index (χ0v) is 12.9. The lowest BCUT2D eigenvalue weighted by molar-refractivity contribution is 0.598. The molecule has 0 heterocycles. The number of allylic oxidation sites excluding steroid dienone is 8. The molecule has 97 valence electrons. The van der Waals surface area contributed by atoms with Crippen LogP contribution in [-0.4, -0.2) is 15.2 Å². The van der Waals surface area contributed by atoms with Crippen LogP contribution in [0.3, 0.4) is 0 Å². The van der Waals surface area contributed by atoms with Gasteiger partial charge in [0.05, 0.1) is 0 Å². The van der Waals surface area contributed by atoms with E-state index < -0.39 is 0 Å². The van der Waals surface area contributed by atoms with E-state index in [0.29, 0.717) is 15.2 Å². The summed E-state index contributed by atoms with van der Waals surface area (Å²) in [6.07, 6.45) is 26.3. The molecule has 1 heteroatoms. The van der Waals surface area contributed by atoms with E-state index in [4.69, 9.17) is 0 Å². The summed E-state index contributed by atoms with van der Waals surface area (Å²) in [7, 11) is 0. The third kappa shape index (κ3) is 8.56. The Morgan fingerprint density at radius 3 is 2.28 bits per heavy atom. The molecule has 0 amide bonds. The lowest BCUT2D eigenvalue weighted by Gasteiger charge is -2.04. The van der Waals surface area contributed by atoms with Crippen LogP contribution in [-0.2, 0) is 0 Å². The fourth-order valence-corrected chi connectivity index (χ4v) is 2.97. The second kappa shape index (κ2) is 11.6. The van der Waals surface area contributed by atoms with Gasteiger partial charge in [-0.3, -0.25) is 0 Å². The molecule has 0 atom stereocenters. The topological polar surface area (TPSA) is 0 Å². The Balaban J connectivity index is 2.48. The highest BCUT2D eigenvalue weighted by atomic mass is 27.1. The lowest BCUT2D eigenvalue weighted by atomic mass is 10.1. The van der Waals surface area contributed by atoms with Gasteiger partial charge in [-0.25, -0.2) is 0 Å². The van der Waals surface area contributed by atoms with E-state index in [2.05, 4.69) is 48.3 Å². The van der Waals surface area contributed by atoms with Gasteiger partial charge in [-0.05, 0) is 19.3 Å². The maximum absolute atomic E-state index is 2.34. The van der Waals surface area contributed by atoms with Crippen LogP contribution in [0.25, 0.3) is 0 Å². The minimum atomic E-state index is 0.492. The molecule has 0 aliphatic heterocycles. The van der Waals surface area contributed by atoms with Crippen molar-refractivity contribution in [1.82, 2.24) is 0 Å². The van der Waals surface area contributed by atoms with Crippen molar-refractivity contribution in [3.8, 4) is 0 Å². The molecule has 0 aromatic carbocycles. The molecule has 0 N–H and O–H groups in total. The van der Waals surface area contributed by atoms with Gasteiger partial charge in [-0.2, -0.15) is 0 Å². The summed E-state index contributed by atoms with van der Waals surface area (Å²) in [5.41, 5.74) is 0. The van der Waals surface area contributed by atoms with Crippen molar-refractivity contribution in [1.29, 1.82) is 0 Å². The van der Waals surface area contributed by atoms with Gasteiger partial charge in [0, 0.05) is 0 Å². The molecule has 1 aliphatic rings. The van der Waals surface area contributed by atoms with Crippen LogP contribution in [0.2, 0.25) is 5.79 Å². The fourth-order valence-electron chi connectivity index (χ4n) is 2.17. The first-order valence-corrected chi connectivity index (χ1v) is 9.15. The van der Waals surface area contributed by atoms with Gasteiger partial charge in [0.15, 0.2) is 0 Å². The molecule has 18 heavy (non-hydrogen) atoms. The van der Waals surface area contributed by atoms with E-state index in [-0.39, 0.29) is 0 Å². The van der Waals surface area contributed by atoms with Crippen LogP contribution >= 0.6 is 0 Å². The maximum Gasteiger partial charge on any atom is 0.239 e. The van der Waals surface area contributed by atoms with Crippen LogP contribution in [0.5, 0.6) is 0 Å². The molecule has 0 bridgehead atoms. The second-order valence-electron chi connectivity index (χ2n) is 4.89. The molecular formula is C17H26Al. The Morgan fingerprint density at radius 1 is 0.778 bits per heavy atom. The van der Waals surface area contributed by atoms with E-state index in [0.717, 1.165) is 0 Å². The van der Waals surface area contributed by atoms with Crippen molar-refractivity contribution in [3.05, 3.63) is 47.0 Å². The average molecular weight is 257 g/mol. The van der Waals surface area contributed by atoms with E-state index in [9.17, 15) is 0 Å². The van der Waals surface area contributed by atoms with Crippen LogP contribution in [0.1, 0.15) is 51.4 Å². The van der Waals surface area contributed by atoms with Gasteiger partial charge >= 0.3 is 0 Å². The average Bonchev–Trinajstić information content (AvgIpc) is 2.39. The van der Waals surface area contributed by atoms with Gasteiger partial charge in [0.2, 0.25) is 15.2 Å². The minimum absolute atomic E-state index is 0.492. The SMILES string of the molecule is [CH3][Al]/[C]1=C/C=C/C=C/C=C\CCCCCCCC1. The molecule has 0 unspecified atom stereocenters. The first-order valence-electron chi connectivity index (χ1n) is 7.42. The standard InChI is InChI=1S/C16H23.CH3.Al/c1-2-4-6-8-10-12-14-16-15-13-11-9-7-5-3-1;;/h1-7H,8,10-16H2;1H3;/b2-1+,5-3+,6-4-,9-7?;;. The van der Waals surface area contributed by atoms with Gasteiger partial charge in [0.25, 0.3) is 0 Å². The predicted molar refractivity (Wildman–Crippen MR) is 84.1 cm³/mol. The molecular weight excluding hydrogens is 231 g/mol. The van der Waals surface area contributed by atoms with Gasteiger partial charge in [-0.15, -0.1) is 10.2 Å². The van der Waals surface area contributed by atoms with Gasteiger partial charge in [-0.1, -0.05) is 74.6 Å². The van der Waals surface area contributed by atoms with E-state index in [1.165, 1.54) is 51.4 Å². The summed E-state index contributed by atoms with van der Waals surface area (Å²) in [5, 5.41) is 0. The highest BCUT2D eigenvalue weighted by Gasteiger charge is 1.96. The van der Waals surface area contributed by atoms with Crippen LogP contribution in [0, 0.1) is 0 Å². The molecule has 1 aliphatic carbocycles. The maximum atomic E-state index is 2.34. The first kappa shape index (κ1) is 15.5.